The van der Waals surface area contributed by atoms with Crippen molar-refractivity contribution in [3.05, 3.63) is 35.9 Å². The third kappa shape index (κ3) is 13.3. The Hall–Kier alpha value is -0.950. The van der Waals surface area contributed by atoms with E-state index >= 15 is 0 Å². The Kier molecular flexibility index (Phi) is 10.4. The molecule has 1 rings (SSSR count). The molecule has 0 aliphatic rings. The molecule has 0 aliphatic heterocycles. The van der Waals surface area contributed by atoms with E-state index in [1.54, 1.807) is 30.3 Å². The Morgan fingerprint density at radius 1 is 0.895 bits per heavy atom. The van der Waals surface area contributed by atoms with Crippen LogP contribution in [0.3, 0.4) is 0 Å². The SMILES string of the molecule is NCCCCCCN.O=S(=O)(O)Cc1ccccc1. The van der Waals surface area contributed by atoms with Crippen LogP contribution >= 0.6 is 0 Å². The fourth-order valence-electron chi connectivity index (χ4n) is 1.43. The van der Waals surface area contributed by atoms with Gasteiger partial charge in [-0.3, -0.25) is 4.55 Å². The van der Waals surface area contributed by atoms with Gasteiger partial charge >= 0.3 is 0 Å². The van der Waals surface area contributed by atoms with Gasteiger partial charge < -0.3 is 11.5 Å². The molecule has 0 fully saturated rings. The molecule has 0 amide bonds. The molecule has 110 valence electrons. The molecule has 0 atom stereocenters. The minimum absolute atomic E-state index is 0.312. The summed E-state index contributed by atoms with van der Waals surface area (Å²) in [6.07, 6.45) is 4.79. The molecule has 0 aliphatic carbocycles. The van der Waals surface area contributed by atoms with Gasteiger partial charge in [0.15, 0.2) is 0 Å². The Morgan fingerprint density at radius 2 is 1.37 bits per heavy atom. The van der Waals surface area contributed by atoms with Crippen molar-refractivity contribution in [3.63, 3.8) is 0 Å². The Morgan fingerprint density at radius 3 is 1.74 bits per heavy atom. The average molecular weight is 288 g/mol. The molecule has 0 bridgehead atoms. The zero-order valence-corrected chi connectivity index (χ0v) is 12.0. The maximum absolute atomic E-state index is 10.4. The average Bonchev–Trinajstić information content (AvgIpc) is 2.35. The number of nitrogens with two attached hydrogens (primary N) is 2. The van der Waals surface area contributed by atoms with Crippen LogP contribution in [0.4, 0.5) is 0 Å². The van der Waals surface area contributed by atoms with Gasteiger partial charge in [0.05, 0.1) is 0 Å². The van der Waals surface area contributed by atoms with E-state index in [-0.39, 0.29) is 5.75 Å². The lowest BCUT2D eigenvalue weighted by atomic mass is 10.2. The van der Waals surface area contributed by atoms with Crippen LogP contribution in [0.5, 0.6) is 0 Å². The maximum Gasteiger partial charge on any atom is 0.269 e. The van der Waals surface area contributed by atoms with Gasteiger partial charge in [0.2, 0.25) is 0 Å². The molecule has 0 saturated carbocycles. The van der Waals surface area contributed by atoms with Gasteiger partial charge in [-0.25, -0.2) is 0 Å². The van der Waals surface area contributed by atoms with Crippen molar-refractivity contribution < 1.29 is 13.0 Å². The Bertz CT molecular complexity index is 401. The zero-order chi connectivity index (χ0) is 14.6. The number of unbranched alkanes of at least 4 members (excludes halogenated alkanes) is 3. The molecule has 0 radical (unpaired) electrons. The number of hydrogen-bond donors (Lipinski definition) is 3. The molecule has 0 spiro atoms. The molecule has 1 aromatic carbocycles. The van der Waals surface area contributed by atoms with E-state index in [4.69, 9.17) is 16.0 Å². The van der Waals surface area contributed by atoms with Crippen LogP contribution in [0, 0.1) is 0 Å². The third-order valence-electron chi connectivity index (χ3n) is 2.35. The highest BCUT2D eigenvalue weighted by Gasteiger charge is 2.04. The molecular formula is C13H24N2O3S. The summed E-state index contributed by atoms with van der Waals surface area (Å²) >= 11 is 0. The summed E-state index contributed by atoms with van der Waals surface area (Å²) in [6, 6.07) is 8.52. The van der Waals surface area contributed by atoms with E-state index in [1.807, 2.05) is 0 Å². The molecule has 5 nitrogen and oxygen atoms in total. The van der Waals surface area contributed by atoms with Gasteiger partial charge in [-0.1, -0.05) is 43.2 Å². The topological polar surface area (TPSA) is 106 Å². The van der Waals surface area contributed by atoms with Gasteiger partial charge in [-0.05, 0) is 31.5 Å². The molecule has 0 aromatic heterocycles. The van der Waals surface area contributed by atoms with Crippen LogP contribution in [0.25, 0.3) is 0 Å². The van der Waals surface area contributed by atoms with E-state index in [9.17, 15) is 8.42 Å². The minimum Gasteiger partial charge on any atom is -0.330 e. The van der Waals surface area contributed by atoms with Crippen LogP contribution in [0.1, 0.15) is 31.2 Å². The fraction of sp³-hybridized carbons (Fsp3) is 0.538. The summed E-state index contributed by atoms with van der Waals surface area (Å²) in [5, 5.41) is 0. The number of benzene rings is 1. The van der Waals surface area contributed by atoms with Gasteiger partial charge in [0, 0.05) is 0 Å². The van der Waals surface area contributed by atoms with Crippen LogP contribution < -0.4 is 11.5 Å². The predicted octanol–water partition coefficient (Wildman–Crippen LogP) is 1.54. The summed E-state index contributed by atoms with van der Waals surface area (Å²) in [5.41, 5.74) is 11.2. The van der Waals surface area contributed by atoms with Crippen molar-refractivity contribution in [2.24, 2.45) is 11.5 Å². The molecule has 6 heteroatoms. The Balaban J connectivity index is 0.000000362. The van der Waals surface area contributed by atoms with Gasteiger partial charge in [-0.2, -0.15) is 8.42 Å². The first kappa shape index (κ1) is 18.0. The van der Waals surface area contributed by atoms with Crippen molar-refractivity contribution in [1.29, 1.82) is 0 Å². The lowest BCUT2D eigenvalue weighted by molar-refractivity contribution is 0.482. The molecule has 19 heavy (non-hydrogen) atoms. The van der Waals surface area contributed by atoms with Crippen molar-refractivity contribution in [3.8, 4) is 0 Å². The predicted molar refractivity (Wildman–Crippen MR) is 78.3 cm³/mol. The second kappa shape index (κ2) is 10.9. The monoisotopic (exact) mass is 288 g/mol. The van der Waals surface area contributed by atoms with Crippen LogP contribution in [-0.2, 0) is 15.9 Å². The highest BCUT2D eigenvalue weighted by molar-refractivity contribution is 7.85. The fourth-order valence-corrected chi connectivity index (χ4v) is 2.04. The second-order valence-corrected chi connectivity index (χ2v) is 5.66. The standard InChI is InChI=1S/C7H8O3S.C6H16N2/c8-11(9,10)6-7-4-2-1-3-5-7;7-5-3-1-2-4-6-8/h1-5H,6H2,(H,8,9,10);1-8H2. The lowest BCUT2D eigenvalue weighted by Crippen LogP contribution is -2.00. The van der Waals surface area contributed by atoms with Crippen LogP contribution in [0.15, 0.2) is 30.3 Å². The molecule has 0 saturated heterocycles. The van der Waals surface area contributed by atoms with Crippen LogP contribution in [0.2, 0.25) is 0 Å². The molecule has 0 heterocycles. The quantitative estimate of drug-likeness (QED) is 0.521. The van der Waals surface area contributed by atoms with Crippen molar-refractivity contribution in [1.82, 2.24) is 0 Å². The van der Waals surface area contributed by atoms with Gasteiger partial charge in [-0.15, -0.1) is 0 Å². The third-order valence-corrected chi connectivity index (χ3v) is 3.05. The highest BCUT2D eigenvalue weighted by atomic mass is 32.2. The van der Waals surface area contributed by atoms with Gasteiger partial charge in [0.1, 0.15) is 5.75 Å². The van der Waals surface area contributed by atoms with E-state index in [1.165, 1.54) is 12.8 Å². The van der Waals surface area contributed by atoms with E-state index in [0.29, 0.717) is 5.56 Å². The Labute approximate surface area is 115 Å². The summed E-state index contributed by atoms with van der Waals surface area (Å²) in [4.78, 5) is 0. The molecular weight excluding hydrogens is 264 g/mol. The summed E-state index contributed by atoms with van der Waals surface area (Å²) < 4.78 is 29.2. The largest absolute Gasteiger partial charge is 0.330 e. The smallest absolute Gasteiger partial charge is 0.269 e. The minimum atomic E-state index is -3.88. The van der Waals surface area contributed by atoms with Crippen molar-refractivity contribution in [2.75, 3.05) is 13.1 Å². The lowest BCUT2D eigenvalue weighted by Gasteiger charge is -1.95. The second-order valence-electron chi connectivity index (χ2n) is 4.20. The molecule has 5 N–H and O–H groups in total. The first-order valence-corrected chi connectivity index (χ1v) is 7.99. The first-order chi connectivity index (χ1) is 8.99. The van der Waals surface area contributed by atoms with Crippen molar-refractivity contribution in [2.45, 2.75) is 31.4 Å². The van der Waals surface area contributed by atoms with Gasteiger partial charge in [0.25, 0.3) is 10.1 Å². The number of rotatable bonds is 7. The summed E-state index contributed by atoms with van der Waals surface area (Å²) in [6.45, 7) is 1.65. The zero-order valence-electron chi connectivity index (χ0n) is 11.2. The first-order valence-electron chi connectivity index (χ1n) is 6.39. The van der Waals surface area contributed by atoms with Crippen molar-refractivity contribution >= 4 is 10.1 Å². The normalized spacial score (nSPS) is 10.7. The van der Waals surface area contributed by atoms with E-state index in [0.717, 1.165) is 25.9 Å². The summed E-state index contributed by atoms with van der Waals surface area (Å²) in [5.74, 6) is -0.312. The molecule has 1 aromatic rings. The van der Waals surface area contributed by atoms with E-state index < -0.39 is 10.1 Å². The number of hydrogen-bond acceptors (Lipinski definition) is 4. The summed E-state index contributed by atoms with van der Waals surface area (Å²) in [7, 11) is -3.88. The highest BCUT2D eigenvalue weighted by Crippen LogP contribution is 2.02. The van der Waals surface area contributed by atoms with E-state index in [2.05, 4.69) is 0 Å². The maximum atomic E-state index is 10.4. The van der Waals surface area contributed by atoms with Crippen LogP contribution in [-0.4, -0.2) is 26.1 Å². The molecule has 0 unspecified atom stereocenters.